The second-order valence-corrected chi connectivity index (χ2v) is 6.22. The number of thiophene rings is 1. The first-order valence-corrected chi connectivity index (χ1v) is 7.54. The number of amides is 1. The van der Waals surface area contributed by atoms with Gasteiger partial charge in [0.1, 0.15) is 0 Å². The normalized spacial score (nSPS) is 12.2. The molecule has 3 aromatic rings. The van der Waals surface area contributed by atoms with Crippen molar-refractivity contribution in [2.75, 3.05) is 0 Å². The van der Waals surface area contributed by atoms with Crippen molar-refractivity contribution in [2.24, 2.45) is 12.0 Å². The zero-order valence-corrected chi connectivity index (χ0v) is 12.2. The van der Waals surface area contributed by atoms with Gasteiger partial charge in [-0.15, -0.1) is 11.3 Å². The number of nitrogens with zero attached hydrogens (tertiary/aromatic N) is 2. The summed E-state index contributed by atoms with van der Waals surface area (Å²) in [4.78, 5) is 17.7. The summed E-state index contributed by atoms with van der Waals surface area (Å²) in [5, 5.41) is 1.89. The highest BCUT2D eigenvalue weighted by molar-refractivity contribution is 7.16. The van der Waals surface area contributed by atoms with Crippen molar-refractivity contribution in [3.05, 3.63) is 51.0 Å². The molecular formula is C14H12N2OS2. The van der Waals surface area contributed by atoms with Crippen molar-refractivity contribution in [3.8, 4) is 0 Å². The molecule has 0 fully saturated rings. The fourth-order valence-electron chi connectivity index (χ4n) is 2.05. The molecule has 1 amide bonds. The first-order valence-electron chi connectivity index (χ1n) is 5.84. The average molecular weight is 288 g/mol. The van der Waals surface area contributed by atoms with Crippen LogP contribution < -0.4 is 4.80 Å². The Bertz CT molecular complexity index is 810. The molecule has 0 saturated carbocycles. The molecule has 0 bridgehead atoms. The third-order valence-electron chi connectivity index (χ3n) is 2.95. The van der Waals surface area contributed by atoms with Crippen LogP contribution in [-0.4, -0.2) is 10.5 Å². The van der Waals surface area contributed by atoms with Gasteiger partial charge < -0.3 is 4.57 Å². The molecule has 0 radical (unpaired) electrons. The van der Waals surface area contributed by atoms with E-state index < -0.39 is 0 Å². The number of benzene rings is 1. The Morgan fingerprint density at radius 2 is 2.11 bits per heavy atom. The van der Waals surface area contributed by atoms with Gasteiger partial charge in [0.2, 0.25) is 0 Å². The van der Waals surface area contributed by atoms with Crippen LogP contribution in [0.5, 0.6) is 0 Å². The van der Waals surface area contributed by atoms with E-state index in [-0.39, 0.29) is 5.91 Å². The number of carbonyl (C=O) groups excluding carboxylic acids is 1. The SMILES string of the molecule is Cc1cccc2sc(=NC(=O)c3cccs3)n(C)c12. The number of fused-ring (bicyclic) bond motifs is 1. The Kier molecular flexibility index (Phi) is 3.08. The van der Waals surface area contributed by atoms with E-state index in [0.717, 1.165) is 15.0 Å². The lowest BCUT2D eigenvalue weighted by Gasteiger charge is -1.98. The second-order valence-electron chi connectivity index (χ2n) is 4.26. The molecule has 2 heterocycles. The van der Waals surface area contributed by atoms with Crippen molar-refractivity contribution in [2.45, 2.75) is 6.92 Å². The predicted molar refractivity (Wildman–Crippen MR) is 79.7 cm³/mol. The van der Waals surface area contributed by atoms with E-state index in [1.807, 2.05) is 29.1 Å². The Labute approximate surface area is 118 Å². The molecule has 0 N–H and O–H groups in total. The first kappa shape index (κ1) is 12.3. The fraction of sp³-hybridized carbons (Fsp3) is 0.143. The standard InChI is InChI=1S/C14H12N2OS2/c1-9-5-3-6-10-12(9)16(2)14(19-10)15-13(17)11-7-4-8-18-11/h3-8H,1-2H3. The third-order valence-corrected chi connectivity index (χ3v) is 4.91. The average Bonchev–Trinajstić information content (AvgIpc) is 2.99. The minimum absolute atomic E-state index is 0.171. The van der Waals surface area contributed by atoms with Gasteiger partial charge in [-0.25, -0.2) is 0 Å². The zero-order valence-electron chi connectivity index (χ0n) is 10.6. The van der Waals surface area contributed by atoms with Crippen molar-refractivity contribution < 1.29 is 4.79 Å². The third kappa shape index (κ3) is 2.15. The number of aryl methyl sites for hydroxylation is 2. The fourth-order valence-corrected chi connectivity index (χ4v) is 3.75. The number of hydrogen-bond donors (Lipinski definition) is 0. The van der Waals surface area contributed by atoms with Gasteiger partial charge >= 0.3 is 0 Å². The minimum Gasteiger partial charge on any atom is -0.319 e. The first-order chi connectivity index (χ1) is 9.16. The summed E-state index contributed by atoms with van der Waals surface area (Å²) in [6.45, 7) is 2.07. The van der Waals surface area contributed by atoms with Crippen LogP contribution in [0.3, 0.4) is 0 Å². The molecular weight excluding hydrogens is 276 g/mol. The monoisotopic (exact) mass is 288 g/mol. The lowest BCUT2D eigenvalue weighted by Crippen LogP contribution is -2.13. The molecule has 19 heavy (non-hydrogen) atoms. The Morgan fingerprint density at radius 1 is 1.26 bits per heavy atom. The van der Waals surface area contributed by atoms with Crippen LogP contribution in [0, 0.1) is 6.92 Å². The van der Waals surface area contributed by atoms with Gasteiger partial charge in [-0.05, 0) is 30.0 Å². The molecule has 0 atom stereocenters. The summed E-state index contributed by atoms with van der Waals surface area (Å²) in [5.74, 6) is -0.171. The van der Waals surface area contributed by atoms with Crippen LogP contribution in [0.4, 0.5) is 0 Å². The summed E-state index contributed by atoms with van der Waals surface area (Å²) in [7, 11) is 1.95. The molecule has 0 unspecified atom stereocenters. The zero-order chi connectivity index (χ0) is 13.4. The van der Waals surface area contributed by atoms with E-state index in [1.54, 1.807) is 17.4 Å². The lowest BCUT2D eigenvalue weighted by atomic mass is 10.2. The molecule has 5 heteroatoms. The van der Waals surface area contributed by atoms with Gasteiger partial charge in [0.05, 0.1) is 15.1 Å². The molecule has 3 nitrogen and oxygen atoms in total. The number of rotatable bonds is 1. The number of thiazole rings is 1. The summed E-state index contributed by atoms with van der Waals surface area (Å²) >= 11 is 2.96. The lowest BCUT2D eigenvalue weighted by molar-refractivity contribution is 0.100. The number of hydrogen-bond acceptors (Lipinski definition) is 3. The maximum Gasteiger partial charge on any atom is 0.289 e. The summed E-state index contributed by atoms with van der Waals surface area (Å²) in [6.07, 6.45) is 0. The molecule has 0 aliphatic carbocycles. The highest BCUT2D eigenvalue weighted by Gasteiger charge is 2.08. The van der Waals surface area contributed by atoms with Gasteiger partial charge in [0.25, 0.3) is 5.91 Å². The van der Waals surface area contributed by atoms with Gasteiger partial charge in [-0.1, -0.05) is 29.5 Å². The van der Waals surface area contributed by atoms with Crippen molar-refractivity contribution >= 4 is 38.8 Å². The number of para-hydroxylation sites is 1. The topological polar surface area (TPSA) is 34.4 Å². The van der Waals surface area contributed by atoms with Crippen LogP contribution in [0.2, 0.25) is 0 Å². The highest BCUT2D eigenvalue weighted by Crippen LogP contribution is 2.20. The van der Waals surface area contributed by atoms with Gasteiger partial charge in [-0.3, -0.25) is 4.79 Å². The number of carbonyl (C=O) groups is 1. The second kappa shape index (κ2) is 4.75. The van der Waals surface area contributed by atoms with Gasteiger partial charge in [0, 0.05) is 7.05 Å². The highest BCUT2D eigenvalue weighted by atomic mass is 32.1. The van der Waals surface area contributed by atoms with Crippen LogP contribution in [0.25, 0.3) is 10.2 Å². The molecule has 96 valence electrons. The molecule has 1 aromatic carbocycles. The summed E-state index contributed by atoms with van der Waals surface area (Å²) in [5.41, 5.74) is 2.34. The van der Waals surface area contributed by atoms with E-state index in [9.17, 15) is 4.79 Å². The van der Waals surface area contributed by atoms with E-state index in [2.05, 4.69) is 24.0 Å². The largest absolute Gasteiger partial charge is 0.319 e. The molecule has 3 rings (SSSR count). The molecule has 2 aromatic heterocycles. The van der Waals surface area contributed by atoms with Crippen LogP contribution in [0.15, 0.2) is 40.7 Å². The predicted octanol–water partition coefficient (Wildman–Crippen LogP) is 3.35. The maximum absolute atomic E-state index is 12.0. The van der Waals surface area contributed by atoms with E-state index in [1.165, 1.54) is 16.9 Å². The Hall–Kier alpha value is -1.72. The van der Waals surface area contributed by atoms with Crippen LogP contribution >= 0.6 is 22.7 Å². The summed E-state index contributed by atoms with van der Waals surface area (Å²) in [6, 6.07) is 9.82. The van der Waals surface area contributed by atoms with Crippen LogP contribution in [0.1, 0.15) is 15.2 Å². The van der Waals surface area contributed by atoms with Crippen molar-refractivity contribution in [1.82, 2.24) is 4.57 Å². The van der Waals surface area contributed by atoms with Crippen molar-refractivity contribution in [3.63, 3.8) is 0 Å². The van der Waals surface area contributed by atoms with Gasteiger partial charge in [0.15, 0.2) is 4.80 Å². The number of aromatic nitrogens is 1. The van der Waals surface area contributed by atoms with Crippen LogP contribution in [-0.2, 0) is 7.05 Å². The molecule has 0 saturated heterocycles. The van der Waals surface area contributed by atoms with Gasteiger partial charge in [-0.2, -0.15) is 4.99 Å². The molecule has 0 aliphatic heterocycles. The molecule has 0 spiro atoms. The summed E-state index contributed by atoms with van der Waals surface area (Å²) < 4.78 is 3.14. The quantitative estimate of drug-likeness (QED) is 0.676. The smallest absolute Gasteiger partial charge is 0.289 e. The van der Waals surface area contributed by atoms with E-state index in [4.69, 9.17) is 0 Å². The molecule has 0 aliphatic rings. The minimum atomic E-state index is -0.171. The van der Waals surface area contributed by atoms with Crippen molar-refractivity contribution in [1.29, 1.82) is 0 Å². The Morgan fingerprint density at radius 3 is 2.79 bits per heavy atom. The maximum atomic E-state index is 12.0. The Balaban J connectivity index is 2.19. The van der Waals surface area contributed by atoms with E-state index in [0.29, 0.717) is 4.88 Å². The van der Waals surface area contributed by atoms with E-state index >= 15 is 0 Å².